The van der Waals surface area contributed by atoms with Crippen LogP contribution in [0.1, 0.15) is 22.8 Å². The number of amidine groups is 1. The van der Waals surface area contributed by atoms with E-state index in [-0.39, 0.29) is 5.91 Å². The number of nitrogens with zero attached hydrogens (tertiary/aromatic N) is 2. The molecule has 9 heteroatoms. The molecule has 31 heavy (non-hydrogen) atoms. The van der Waals surface area contributed by atoms with Crippen LogP contribution in [0.15, 0.2) is 50.8 Å². The lowest BCUT2D eigenvalue weighted by Crippen LogP contribution is -2.23. The van der Waals surface area contributed by atoms with Gasteiger partial charge in [0.1, 0.15) is 0 Å². The van der Waals surface area contributed by atoms with E-state index >= 15 is 0 Å². The SMILES string of the molecule is CCOc1c(Br)cc(/C=C2\SC(=Nc3ccc(C(=O)OC)cc3)N(C)C2=O)cc1OC. The van der Waals surface area contributed by atoms with Crippen LogP contribution in [0, 0.1) is 0 Å². The molecule has 0 bridgehead atoms. The third-order valence-electron chi connectivity index (χ3n) is 4.35. The van der Waals surface area contributed by atoms with Crippen LogP contribution >= 0.6 is 27.7 Å². The second-order valence-corrected chi connectivity index (χ2v) is 8.24. The Morgan fingerprint density at radius 1 is 1.23 bits per heavy atom. The van der Waals surface area contributed by atoms with E-state index < -0.39 is 5.97 Å². The summed E-state index contributed by atoms with van der Waals surface area (Å²) in [7, 11) is 4.58. The zero-order valence-corrected chi connectivity index (χ0v) is 19.9. The standard InChI is InChI=1S/C22H21BrN2O5S/c1-5-30-19-16(23)10-13(11-17(19)28-3)12-18-20(26)25(2)22(31-18)24-15-8-6-14(7-9-15)21(27)29-4/h6-12H,5H2,1-4H3/b18-12-,24-22?. The van der Waals surface area contributed by atoms with Gasteiger partial charge in [-0.1, -0.05) is 0 Å². The minimum atomic E-state index is -0.413. The lowest BCUT2D eigenvalue weighted by atomic mass is 10.2. The maximum atomic E-state index is 12.7. The van der Waals surface area contributed by atoms with Crippen molar-refractivity contribution < 1.29 is 23.8 Å². The van der Waals surface area contributed by atoms with Crippen molar-refractivity contribution in [3.05, 3.63) is 56.9 Å². The van der Waals surface area contributed by atoms with Crippen LogP contribution in [-0.4, -0.2) is 49.8 Å². The second-order valence-electron chi connectivity index (χ2n) is 6.37. The molecule has 0 unspecified atom stereocenters. The molecule has 1 fully saturated rings. The first-order valence-electron chi connectivity index (χ1n) is 9.33. The molecule has 7 nitrogen and oxygen atoms in total. The van der Waals surface area contributed by atoms with E-state index in [0.717, 1.165) is 10.0 Å². The summed E-state index contributed by atoms with van der Waals surface area (Å²) in [6.07, 6.45) is 1.79. The average molecular weight is 505 g/mol. The van der Waals surface area contributed by atoms with E-state index in [9.17, 15) is 9.59 Å². The molecule has 0 aliphatic carbocycles. The number of esters is 1. The van der Waals surface area contributed by atoms with Crippen molar-refractivity contribution in [2.45, 2.75) is 6.92 Å². The van der Waals surface area contributed by atoms with Crippen molar-refractivity contribution in [1.29, 1.82) is 0 Å². The van der Waals surface area contributed by atoms with Gasteiger partial charge < -0.3 is 14.2 Å². The van der Waals surface area contributed by atoms with Gasteiger partial charge in [-0.25, -0.2) is 9.79 Å². The van der Waals surface area contributed by atoms with E-state index in [4.69, 9.17) is 14.2 Å². The third kappa shape index (κ3) is 5.11. The number of amides is 1. The molecular formula is C22H21BrN2O5S. The number of thioether (sulfide) groups is 1. The fourth-order valence-electron chi connectivity index (χ4n) is 2.81. The van der Waals surface area contributed by atoms with Crippen LogP contribution in [0.5, 0.6) is 11.5 Å². The fraction of sp³-hybridized carbons (Fsp3) is 0.227. The van der Waals surface area contributed by atoms with E-state index in [1.165, 1.54) is 23.8 Å². The van der Waals surface area contributed by atoms with E-state index in [1.54, 1.807) is 44.5 Å². The van der Waals surface area contributed by atoms with Crippen molar-refractivity contribution >= 4 is 56.5 Å². The molecule has 0 spiro atoms. The summed E-state index contributed by atoms with van der Waals surface area (Å²) in [5.41, 5.74) is 1.85. The van der Waals surface area contributed by atoms with Gasteiger partial charge in [0.25, 0.3) is 5.91 Å². The highest BCUT2D eigenvalue weighted by molar-refractivity contribution is 9.10. The second kappa shape index (κ2) is 10.0. The number of likely N-dealkylation sites (N-methyl/N-ethyl adjacent to an activating group) is 1. The van der Waals surface area contributed by atoms with Crippen LogP contribution in [0.25, 0.3) is 6.08 Å². The molecule has 1 aliphatic heterocycles. The van der Waals surface area contributed by atoms with Gasteiger partial charge in [-0.15, -0.1) is 0 Å². The number of halogens is 1. The molecule has 3 rings (SSSR count). The van der Waals surface area contributed by atoms with Gasteiger partial charge in [0.2, 0.25) is 0 Å². The number of ether oxygens (including phenoxy) is 3. The number of aliphatic imine (C=N–C) groups is 1. The molecule has 0 saturated carbocycles. The molecule has 2 aromatic rings. The van der Waals surface area contributed by atoms with Crippen molar-refractivity contribution in [2.75, 3.05) is 27.9 Å². The maximum absolute atomic E-state index is 12.7. The Morgan fingerprint density at radius 2 is 1.94 bits per heavy atom. The quantitative estimate of drug-likeness (QED) is 0.412. The number of hydrogen-bond donors (Lipinski definition) is 0. The predicted octanol–water partition coefficient (Wildman–Crippen LogP) is 4.88. The molecule has 0 aromatic heterocycles. The number of benzene rings is 2. The molecule has 0 N–H and O–H groups in total. The molecule has 1 aliphatic rings. The van der Waals surface area contributed by atoms with Gasteiger partial charge in [0, 0.05) is 7.05 Å². The first-order valence-corrected chi connectivity index (χ1v) is 10.9. The Bertz CT molecular complexity index is 1070. The Morgan fingerprint density at radius 3 is 2.55 bits per heavy atom. The van der Waals surface area contributed by atoms with Gasteiger partial charge in [0.05, 0.1) is 41.5 Å². The lowest BCUT2D eigenvalue weighted by Gasteiger charge is -2.12. The van der Waals surface area contributed by atoms with E-state index in [1.807, 2.05) is 19.1 Å². The smallest absolute Gasteiger partial charge is 0.337 e. The Labute approximate surface area is 193 Å². The Kier molecular flexibility index (Phi) is 7.40. The summed E-state index contributed by atoms with van der Waals surface area (Å²) >= 11 is 4.77. The minimum Gasteiger partial charge on any atom is -0.493 e. The zero-order valence-electron chi connectivity index (χ0n) is 17.5. The first kappa shape index (κ1) is 22.9. The lowest BCUT2D eigenvalue weighted by molar-refractivity contribution is -0.121. The normalized spacial score (nSPS) is 16.2. The summed E-state index contributed by atoms with van der Waals surface area (Å²) in [6.45, 7) is 2.41. The van der Waals surface area contributed by atoms with E-state index in [0.29, 0.717) is 39.4 Å². The maximum Gasteiger partial charge on any atom is 0.337 e. The number of carbonyl (C=O) groups excluding carboxylic acids is 2. The minimum absolute atomic E-state index is 0.154. The van der Waals surface area contributed by atoms with Crippen LogP contribution in [0.3, 0.4) is 0 Å². The molecule has 0 atom stereocenters. The van der Waals surface area contributed by atoms with Crippen LogP contribution in [-0.2, 0) is 9.53 Å². The van der Waals surface area contributed by atoms with Gasteiger partial charge in [-0.3, -0.25) is 9.69 Å². The van der Waals surface area contributed by atoms with Crippen molar-refractivity contribution in [3.63, 3.8) is 0 Å². The average Bonchev–Trinajstić information content (AvgIpc) is 3.03. The number of methoxy groups -OCH3 is 2. The van der Waals surface area contributed by atoms with Crippen molar-refractivity contribution in [2.24, 2.45) is 4.99 Å². The van der Waals surface area contributed by atoms with E-state index in [2.05, 4.69) is 20.9 Å². The highest BCUT2D eigenvalue weighted by Crippen LogP contribution is 2.39. The summed E-state index contributed by atoms with van der Waals surface area (Å²) in [5, 5.41) is 0.541. The van der Waals surface area contributed by atoms with Gasteiger partial charge in [0.15, 0.2) is 16.7 Å². The highest BCUT2D eigenvalue weighted by Gasteiger charge is 2.30. The van der Waals surface area contributed by atoms with Gasteiger partial charge in [-0.2, -0.15) is 0 Å². The number of carbonyl (C=O) groups is 2. The monoisotopic (exact) mass is 504 g/mol. The third-order valence-corrected chi connectivity index (χ3v) is 6.00. The molecule has 1 heterocycles. The summed E-state index contributed by atoms with van der Waals surface area (Å²) in [4.78, 5) is 30.9. The first-order chi connectivity index (χ1) is 14.9. The van der Waals surface area contributed by atoms with Crippen molar-refractivity contribution in [1.82, 2.24) is 4.90 Å². The Balaban J connectivity index is 1.87. The van der Waals surface area contributed by atoms with Crippen LogP contribution in [0.4, 0.5) is 5.69 Å². The number of hydrogen-bond acceptors (Lipinski definition) is 7. The van der Waals surface area contributed by atoms with Crippen molar-refractivity contribution in [3.8, 4) is 11.5 Å². The molecule has 1 saturated heterocycles. The Hall–Kier alpha value is -2.78. The highest BCUT2D eigenvalue weighted by atomic mass is 79.9. The molecule has 162 valence electrons. The summed E-state index contributed by atoms with van der Waals surface area (Å²) < 4.78 is 16.5. The topological polar surface area (TPSA) is 77.4 Å². The largest absolute Gasteiger partial charge is 0.493 e. The predicted molar refractivity (Wildman–Crippen MR) is 125 cm³/mol. The molecule has 2 aromatic carbocycles. The van der Waals surface area contributed by atoms with Crippen LogP contribution in [0.2, 0.25) is 0 Å². The van der Waals surface area contributed by atoms with Gasteiger partial charge in [-0.05, 0) is 82.7 Å². The molecule has 0 radical (unpaired) electrons. The fourth-order valence-corrected chi connectivity index (χ4v) is 4.37. The van der Waals surface area contributed by atoms with Crippen LogP contribution < -0.4 is 9.47 Å². The summed E-state index contributed by atoms with van der Waals surface area (Å²) in [5.74, 6) is 0.626. The van der Waals surface area contributed by atoms with Gasteiger partial charge >= 0.3 is 5.97 Å². The number of rotatable bonds is 6. The summed E-state index contributed by atoms with van der Waals surface area (Å²) in [6, 6.07) is 10.4. The molecular weight excluding hydrogens is 484 g/mol. The zero-order chi connectivity index (χ0) is 22.5. The molecule has 1 amide bonds.